The second-order valence-corrected chi connectivity index (χ2v) is 8.11. The van der Waals surface area contributed by atoms with Crippen LogP contribution in [0.4, 0.5) is 0 Å². The third kappa shape index (κ3) is 2.52. The summed E-state index contributed by atoms with van der Waals surface area (Å²) in [5.41, 5.74) is 1.05. The maximum absolute atomic E-state index is 13.0. The highest BCUT2D eigenvalue weighted by atomic mass is 32.2. The van der Waals surface area contributed by atoms with E-state index in [1.165, 1.54) is 4.31 Å². The van der Waals surface area contributed by atoms with Gasteiger partial charge in [0, 0.05) is 42.9 Å². The molecular weight excluding hydrogens is 318 g/mol. The molecule has 7 heteroatoms. The predicted molar refractivity (Wildman–Crippen MR) is 89.1 cm³/mol. The molecule has 0 amide bonds. The maximum atomic E-state index is 13.0. The van der Waals surface area contributed by atoms with Gasteiger partial charge in [0.15, 0.2) is 0 Å². The highest BCUT2D eigenvalue weighted by Gasteiger charge is 2.39. The lowest BCUT2D eigenvalue weighted by Crippen LogP contribution is -2.49. The van der Waals surface area contributed by atoms with Gasteiger partial charge in [0.2, 0.25) is 0 Å². The van der Waals surface area contributed by atoms with Gasteiger partial charge >= 0.3 is 0 Å². The number of hydrogen-bond donors (Lipinski definition) is 0. The zero-order chi connectivity index (χ0) is 15.7. The predicted octanol–water partition coefficient (Wildman–Crippen LogP) is 2.54. The molecule has 0 spiro atoms. The van der Waals surface area contributed by atoms with E-state index in [1.807, 2.05) is 49.7 Å². The molecule has 3 heterocycles. The van der Waals surface area contributed by atoms with Crippen molar-refractivity contribution in [2.45, 2.75) is 26.4 Å². The van der Waals surface area contributed by atoms with Gasteiger partial charge in [-0.05, 0) is 23.6 Å². The van der Waals surface area contributed by atoms with E-state index in [9.17, 15) is 8.42 Å². The Labute approximate surface area is 136 Å². The summed E-state index contributed by atoms with van der Waals surface area (Å²) < 4.78 is 31.4. The summed E-state index contributed by atoms with van der Waals surface area (Å²) in [6.07, 6.45) is 2.03. The summed E-state index contributed by atoms with van der Waals surface area (Å²) in [5.74, 6) is 0. The van der Waals surface area contributed by atoms with Crippen molar-refractivity contribution in [3.63, 3.8) is 0 Å². The average Bonchev–Trinajstić information content (AvgIpc) is 3.18. The molecule has 2 aromatic heterocycles. The molecule has 5 nitrogen and oxygen atoms in total. The summed E-state index contributed by atoms with van der Waals surface area (Å²) in [6, 6.07) is 7.78. The molecule has 1 unspecified atom stereocenters. The number of aromatic nitrogens is 1. The van der Waals surface area contributed by atoms with Gasteiger partial charge in [-0.25, -0.2) is 0 Å². The molecule has 0 bridgehead atoms. The first-order valence-electron chi connectivity index (χ1n) is 7.55. The van der Waals surface area contributed by atoms with Crippen LogP contribution in [-0.4, -0.2) is 41.2 Å². The van der Waals surface area contributed by atoms with Crippen molar-refractivity contribution >= 4 is 21.5 Å². The third-order valence-electron chi connectivity index (χ3n) is 4.13. The van der Waals surface area contributed by atoms with E-state index in [1.54, 1.807) is 15.6 Å². The number of rotatable bonds is 5. The quantitative estimate of drug-likeness (QED) is 0.840. The Morgan fingerprint density at radius 1 is 1.23 bits per heavy atom. The number of fused-ring (bicyclic) bond motifs is 1. The SMILES string of the molecule is CCN(CC)S(=O)(=O)N1CCn2cccc2C1c1cccs1. The van der Waals surface area contributed by atoms with Gasteiger partial charge in [0.1, 0.15) is 6.04 Å². The van der Waals surface area contributed by atoms with Crippen molar-refractivity contribution in [1.82, 2.24) is 13.2 Å². The largest absolute Gasteiger partial charge is 0.348 e. The topological polar surface area (TPSA) is 45.6 Å². The van der Waals surface area contributed by atoms with Crippen molar-refractivity contribution in [2.24, 2.45) is 0 Å². The van der Waals surface area contributed by atoms with Crippen molar-refractivity contribution in [3.05, 3.63) is 46.4 Å². The zero-order valence-electron chi connectivity index (χ0n) is 12.8. The summed E-state index contributed by atoms with van der Waals surface area (Å²) in [6.45, 7) is 5.95. The Morgan fingerprint density at radius 3 is 2.64 bits per heavy atom. The van der Waals surface area contributed by atoms with Crippen molar-refractivity contribution in [1.29, 1.82) is 0 Å². The van der Waals surface area contributed by atoms with E-state index in [2.05, 4.69) is 4.57 Å². The van der Waals surface area contributed by atoms with Crippen LogP contribution < -0.4 is 0 Å². The normalized spacial score (nSPS) is 19.5. The molecule has 0 saturated carbocycles. The monoisotopic (exact) mass is 339 g/mol. The fraction of sp³-hybridized carbons (Fsp3) is 0.467. The van der Waals surface area contributed by atoms with Crippen molar-refractivity contribution < 1.29 is 8.42 Å². The number of thiophene rings is 1. The molecule has 2 aromatic rings. The van der Waals surface area contributed by atoms with Crippen LogP contribution in [-0.2, 0) is 16.8 Å². The summed E-state index contributed by atoms with van der Waals surface area (Å²) in [5, 5.41) is 2.00. The minimum atomic E-state index is -3.46. The molecule has 0 saturated heterocycles. The molecule has 0 radical (unpaired) electrons. The van der Waals surface area contributed by atoms with Crippen LogP contribution >= 0.6 is 11.3 Å². The Kier molecular flexibility index (Phi) is 4.40. The Bertz CT molecular complexity index is 718. The first kappa shape index (κ1) is 15.7. The van der Waals surface area contributed by atoms with E-state index >= 15 is 0 Å². The van der Waals surface area contributed by atoms with Crippen LogP contribution in [0.2, 0.25) is 0 Å². The average molecular weight is 339 g/mol. The standard InChI is InChI=1S/C15H21N3O2S2/c1-3-17(4-2)22(19,20)18-11-10-16-9-5-7-13(16)15(18)14-8-6-12-21-14/h5-9,12,15H,3-4,10-11H2,1-2H3. The molecule has 0 fully saturated rings. The highest BCUT2D eigenvalue weighted by molar-refractivity contribution is 7.86. The fourth-order valence-corrected chi connectivity index (χ4v) is 5.71. The van der Waals surface area contributed by atoms with Gasteiger partial charge in [-0.15, -0.1) is 11.3 Å². The second-order valence-electron chi connectivity index (χ2n) is 5.25. The van der Waals surface area contributed by atoms with E-state index in [-0.39, 0.29) is 6.04 Å². The number of nitrogens with zero attached hydrogens (tertiary/aromatic N) is 3. The van der Waals surface area contributed by atoms with Crippen LogP contribution in [0, 0.1) is 0 Å². The number of hydrogen-bond acceptors (Lipinski definition) is 3. The third-order valence-corrected chi connectivity index (χ3v) is 7.21. The van der Waals surface area contributed by atoms with Crippen LogP contribution in [0.25, 0.3) is 0 Å². The van der Waals surface area contributed by atoms with Crippen LogP contribution in [0.15, 0.2) is 35.8 Å². The van der Waals surface area contributed by atoms with Crippen LogP contribution in [0.5, 0.6) is 0 Å². The molecule has 0 N–H and O–H groups in total. The van der Waals surface area contributed by atoms with Gasteiger partial charge < -0.3 is 4.57 Å². The van der Waals surface area contributed by atoms with Crippen LogP contribution in [0.3, 0.4) is 0 Å². The first-order valence-corrected chi connectivity index (χ1v) is 9.82. The molecule has 0 aromatic carbocycles. The molecule has 1 aliphatic heterocycles. The van der Waals surface area contributed by atoms with E-state index < -0.39 is 10.2 Å². The van der Waals surface area contributed by atoms with E-state index in [0.717, 1.165) is 10.6 Å². The Hall–Kier alpha value is -1.15. The van der Waals surface area contributed by atoms with E-state index in [4.69, 9.17) is 0 Å². The maximum Gasteiger partial charge on any atom is 0.282 e. The van der Waals surface area contributed by atoms with Gasteiger partial charge in [-0.1, -0.05) is 19.9 Å². The van der Waals surface area contributed by atoms with E-state index in [0.29, 0.717) is 26.2 Å². The summed E-state index contributed by atoms with van der Waals surface area (Å²) in [4.78, 5) is 1.07. The lowest BCUT2D eigenvalue weighted by Gasteiger charge is -2.38. The Balaban J connectivity index is 2.08. The van der Waals surface area contributed by atoms with Crippen molar-refractivity contribution in [3.8, 4) is 0 Å². The molecule has 3 rings (SSSR count). The molecule has 120 valence electrons. The van der Waals surface area contributed by atoms with Gasteiger partial charge in [-0.3, -0.25) is 0 Å². The summed E-state index contributed by atoms with van der Waals surface area (Å²) >= 11 is 1.61. The summed E-state index contributed by atoms with van der Waals surface area (Å²) in [7, 11) is -3.46. The minimum absolute atomic E-state index is 0.227. The molecule has 0 aliphatic carbocycles. The Morgan fingerprint density at radius 2 is 2.00 bits per heavy atom. The smallest absolute Gasteiger partial charge is 0.282 e. The fourth-order valence-electron chi connectivity index (χ4n) is 3.04. The van der Waals surface area contributed by atoms with Crippen molar-refractivity contribution in [2.75, 3.05) is 19.6 Å². The highest BCUT2D eigenvalue weighted by Crippen LogP contribution is 2.37. The first-order chi connectivity index (χ1) is 10.6. The molecule has 22 heavy (non-hydrogen) atoms. The molecule has 1 aliphatic rings. The molecular formula is C15H21N3O2S2. The molecule has 1 atom stereocenters. The zero-order valence-corrected chi connectivity index (χ0v) is 14.5. The van der Waals surface area contributed by atoms with Gasteiger partial charge in [0.05, 0.1) is 0 Å². The minimum Gasteiger partial charge on any atom is -0.348 e. The second kappa shape index (κ2) is 6.16. The lowest BCUT2D eigenvalue weighted by atomic mass is 10.1. The van der Waals surface area contributed by atoms with Gasteiger partial charge in [-0.2, -0.15) is 17.0 Å². The van der Waals surface area contributed by atoms with Crippen LogP contribution in [0.1, 0.15) is 30.5 Å². The van der Waals surface area contributed by atoms with Gasteiger partial charge in [0.25, 0.3) is 10.2 Å². The lowest BCUT2D eigenvalue weighted by molar-refractivity contribution is 0.274.